The average Bonchev–Trinajstić information content (AvgIpc) is 2.69. The average molecular weight is 451 g/mol. The van der Waals surface area contributed by atoms with Crippen molar-refractivity contribution in [2.45, 2.75) is 92.3 Å². The Bertz CT molecular complexity index is 511. The van der Waals surface area contributed by atoms with Crippen molar-refractivity contribution in [3.05, 3.63) is 0 Å². The summed E-state index contributed by atoms with van der Waals surface area (Å²) < 4.78 is 24.2. The Morgan fingerprint density at radius 1 is 0.594 bits per heavy atom. The zero-order valence-electron chi connectivity index (χ0n) is 21.7. The van der Waals surface area contributed by atoms with E-state index in [0.29, 0.717) is 46.7 Å². The molecule has 4 nitrogen and oxygen atoms in total. The van der Waals surface area contributed by atoms with Crippen LogP contribution in [-0.2, 0) is 18.9 Å². The highest BCUT2D eigenvalue weighted by atomic mass is 16.5. The van der Waals surface area contributed by atoms with Gasteiger partial charge in [-0.2, -0.15) is 0 Å². The first-order valence-electron chi connectivity index (χ1n) is 13.7. The molecule has 4 unspecified atom stereocenters. The Balaban J connectivity index is 1.27. The molecule has 2 aliphatic heterocycles. The summed E-state index contributed by atoms with van der Waals surface area (Å²) in [5, 5.41) is 0. The van der Waals surface area contributed by atoms with Crippen LogP contribution >= 0.6 is 0 Å². The molecule has 0 N–H and O–H groups in total. The largest absolute Gasteiger partial charge is 0.380 e. The summed E-state index contributed by atoms with van der Waals surface area (Å²) >= 11 is 0. The zero-order chi connectivity index (χ0) is 22.9. The van der Waals surface area contributed by atoms with Crippen LogP contribution in [0.2, 0.25) is 0 Å². The van der Waals surface area contributed by atoms with Crippen molar-refractivity contribution in [1.29, 1.82) is 0 Å². The molecular formula is C28H50O4. The first-order valence-corrected chi connectivity index (χ1v) is 13.7. The van der Waals surface area contributed by atoms with Gasteiger partial charge in [0.05, 0.1) is 51.8 Å². The first-order chi connectivity index (χ1) is 15.3. The molecule has 4 aliphatic rings. The Kier molecular flexibility index (Phi) is 7.97. The minimum Gasteiger partial charge on any atom is -0.380 e. The van der Waals surface area contributed by atoms with E-state index in [1.54, 1.807) is 0 Å². The van der Waals surface area contributed by atoms with Crippen LogP contribution in [0.4, 0.5) is 0 Å². The number of hydrogen-bond donors (Lipinski definition) is 0. The van der Waals surface area contributed by atoms with E-state index in [9.17, 15) is 0 Å². The van der Waals surface area contributed by atoms with E-state index < -0.39 is 0 Å². The minimum absolute atomic E-state index is 0.293. The molecule has 0 spiro atoms. The number of hydrogen-bond acceptors (Lipinski definition) is 4. The van der Waals surface area contributed by atoms with Gasteiger partial charge in [-0.1, -0.05) is 41.5 Å². The van der Waals surface area contributed by atoms with Gasteiger partial charge in [-0.15, -0.1) is 0 Å². The van der Waals surface area contributed by atoms with Gasteiger partial charge in [0.15, 0.2) is 0 Å². The quantitative estimate of drug-likeness (QED) is 0.433. The van der Waals surface area contributed by atoms with Crippen molar-refractivity contribution >= 4 is 0 Å². The summed E-state index contributed by atoms with van der Waals surface area (Å²) in [5.74, 6) is 4.31. The first kappa shape index (κ1) is 24.9. The molecule has 2 saturated heterocycles. The fraction of sp³-hybridized carbons (Fsp3) is 1.00. The SMILES string of the molecule is CCC1(COC2C(C)CC(C3CC(C)C(OCC4(CC)COC4)C(C)C3)CC2C)COC1. The van der Waals surface area contributed by atoms with Gasteiger partial charge in [-0.3, -0.25) is 0 Å². The lowest BCUT2D eigenvalue weighted by molar-refractivity contribution is -0.182. The predicted molar refractivity (Wildman–Crippen MR) is 129 cm³/mol. The molecule has 4 rings (SSSR count). The third kappa shape index (κ3) is 5.09. The third-order valence-corrected chi connectivity index (χ3v) is 9.91. The molecule has 4 heteroatoms. The molecule has 186 valence electrons. The van der Waals surface area contributed by atoms with E-state index in [1.807, 2.05) is 0 Å². The van der Waals surface area contributed by atoms with Crippen molar-refractivity contribution in [2.24, 2.45) is 46.3 Å². The van der Waals surface area contributed by atoms with Crippen molar-refractivity contribution in [2.75, 3.05) is 39.6 Å². The highest BCUT2D eigenvalue weighted by Crippen LogP contribution is 2.47. The Morgan fingerprint density at radius 3 is 1.12 bits per heavy atom. The summed E-state index contributed by atoms with van der Waals surface area (Å²) in [5.41, 5.74) is 0.586. The second kappa shape index (κ2) is 10.2. The molecule has 0 radical (unpaired) electrons. The highest BCUT2D eigenvalue weighted by molar-refractivity contribution is 4.93. The van der Waals surface area contributed by atoms with Crippen molar-refractivity contribution in [3.63, 3.8) is 0 Å². The van der Waals surface area contributed by atoms with Crippen molar-refractivity contribution in [3.8, 4) is 0 Å². The van der Waals surface area contributed by atoms with E-state index in [2.05, 4.69) is 41.5 Å². The molecule has 4 fully saturated rings. The summed E-state index contributed by atoms with van der Waals surface area (Å²) in [7, 11) is 0. The lowest BCUT2D eigenvalue weighted by atomic mass is 9.63. The highest BCUT2D eigenvalue weighted by Gasteiger charge is 2.45. The topological polar surface area (TPSA) is 36.9 Å². The molecule has 0 amide bonds. The Morgan fingerprint density at radius 2 is 0.906 bits per heavy atom. The zero-order valence-corrected chi connectivity index (χ0v) is 21.7. The van der Waals surface area contributed by atoms with Crippen LogP contribution in [0.1, 0.15) is 80.1 Å². The maximum Gasteiger partial charge on any atom is 0.0626 e. The molecule has 0 aromatic heterocycles. The van der Waals surface area contributed by atoms with Crippen LogP contribution in [-0.4, -0.2) is 51.8 Å². The molecule has 2 aliphatic carbocycles. The van der Waals surface area contributed by atoms with Gasteiger partial charge >= 0.3 is 0 Å². The summed E-state index contributed by atoms with van der Waals surface area (Å²) in [6.45, 7) is 19.6. The predicted octanol–water partition coefficient (Wildman–Crippen LogP) is 5.97. The monoisotopic (exact) mass is 450 g/mol. The summed E-state index contributed by atoms with van der Waals surface area (Å²) in [4.78, 5) is 0. The molecule has 0 aromatic carbocycles. The van der Waals surface area contributed by atoms with Crippen molar-refractivity contribution < 1.29 is 18.9 Å². The molecule has 2 saturated carbocycles. The van der Waals surface area contributed by atoms with Crippen LogP contribution in [0, 0.1) is 46.3 Å². The van der Waals surface area contributed by atoms with E-state index in [4.69, 9.17) is 18.9 Å². The molecule has 4 atom stereocenters. The van der Waals surface area contributed by atoms with Gasteiger partial charge < -0.3 is 18.9 Å². The molecule has 32 heavy (non-hydrogen) atoms. The van der Waals surface area contributed by atoms with Gasteiger partial charge in [-0.05, 0) is 74.0 Å². The van der Waals surface area contributed by atoms with Gasteiger partial charge in [0.2, 0.25) is 0 Å². The van der Waals surface area contributed by atoms with Crippen LogP contribution in [0.15, 0.2) is 0 Å². The number of rotatable bonds is 9. The minimum atomic E-state index is 0.293. The van der Waals surface area contributed by atoms with Gasteiger partial charge in [0, 0.05) is 10.8 Å². The fourth-order valence-electron chi connectivity index (χ4n) is 7.29. The van der Waals surface area contributed by atoms with Crippen molar-refractivity contribution in [1.82, 2.24) is 0 Å². The van der Waals surface area contributed by atoms with Gasteiger partial charge in [0.1, 0.15) is 0 Å². The smallest absolute Gasteiger partial charge is 0.0626 e. The second-order valence-corrected chi connectivity index (χ2v) is 12.6. The lowest BCUT2D eigenvalue weighted by Gasteiger charge is -2.49. The van der Waals surface area contributed by atoms with Gasteiger partial charge in [0.25, 0.3) is 0 Å². The fourth-order valence-corrected chi connectivity index (χ4v) is 7.29. The standard InChI is InChI=1S/C28H50O4/c1-7-27(13-29-14-27)17-31-25-19(3)9-23(10-20(25)4)24-11-21(5)26(22(6)12-24)32-18-28(8-2)15-30-16-28/h19-26H,7-18H2,1-6H3. The van der Waals surface area contributed by atoms with Crippen LogP contribution in [0.25, 0.3) is 0 Å². The second-order valence-electron chi connectivity index (χ2n) is 12.6. The third-order valence-electron chi connectivity index (χ3n) is 9.91. The van der Waals surface area contributed by atoms with E-state index in [0.717, 1.165) is 51.5 Å². The number of ether oxygens (including phenoxy) is 4. The van der Waals surface area contributed by atoms with E-state index in [1.165, 1.54) is 38.5 Å². The van der Waals surface area contributed by atoms with Crippen LogP contribution < -0.4 is 0 Å². The maximum absolute atomic E-state index is 6.58. The Labute approximate surface area is 197 Å². The molecule has 2 heterocycles. The lowest BCUT2D eigenvalue weighted by Crippen LogP contribution is -2.49. The molecule has 0 aromatic rings. The molecule has 0 bridgehead atoms. The summed E-state index contributed by atoms with van der Waals surface area (Å²) in [6, 6.07) is 0. The van der Waals surface area contributed by atoms with E-state index in [-0.39, 0.29) is 0 Å². The normalized spacial score (nSPS) is 43.3. The maximum atomic E-state index is 6.58. The Hall–Kier alpha value is -0.160. The summed E-state index contributed by atoms with van der Waals surface area (Å²) in [6.07, 6.45) is 8.48. The van der Waals surface area contributed by atoms with Gasteiger partial charge in [-0.25, -0.2) is 0 Å². The van der Waals surface area contributed by atoms with Crippen LogP contribution in [0.5, 0.6) is 0 Å². The molecular weight excluding hydrogens is 400 g/mol. The van der Waals surface area contributed by atoms with E-state index >= 15 is 0 Å². The van der Waals surface area contributed by atoms with Crippen LogP contribution in [0.3, 0.4) is 0 Å².